The average molecular weight is 224 g/mol. The minimum Gasteiger partial charge on any atom is -0.303 e. The molecule has 14 heavy (non-hydrogen) atoms. The zero-order valence-electron chi connectivity index (χ0n) is 7.69. The Hall–Kier alpha value is -0.620. The van der Waals surface area contributed by atoms with Crippen molar-refractivity contribution in [3.05, 3.63) is 16.1 Å². The summed E-state index contributed by atoms with van der Waals surface area (Å²) in [6.45, 7) is 1.17. The third-order valence-corrected chi connectivity index (χ3v) is 2.58. The summed E-state index contributed by atoms with van der Waals surface area (Å²) in [6, 6.07) is 0. The fourth-order valence-corrected chi connectivity index (χ4v) is 1.67. The van der Waals surface area contributed by atoms with Crippen LogP contribution >= 0.6 is 11.3 Å². The van der Waals surface area contributed by atoms with Crippen molar-refractivity contribution in [1.82, 2.24) is 10.3 Å². The van der Waals surface area contributed by atoms with Crippen LogP contribution < -0.4 is 5.32 Å². The van der Waals surface area contributed by atoms with Crippen LogP contribution in [0.15, 0.2) is 5.38 Å². The molecule has 1 N–H and O–H groups in total. The maximum atomic E-state index is 11.7. The van der Waals surface area contributed by atoms with Crippen molar-refractivity contribution in [2.45, 2.75) is 26.1 Å². The first-order chi connectivity index (χ1) is 6.51. The molecule has 0 saturated carbocycles. The summed E-state index contributed by atoms with van der Waals surface area (Å²) in [5.74, 6) is 0. The highest BCUT2D eigenvalue weighted by Crippen LogP contribution is 2.13. The van der Waals surface area contributed by atoms with E-state index in [-0.39, 0.29) is 6.54 Å². The lowest BCUT2D eigenvalue weighted by molar-refractivity contribution is -0.125. The van der Waals surface area contributed by atoms with E-state index in [1.165, 1.54) is 11.3 Å². The molecule has 0 aliphatic carbocycles. The first kappa shape index (κ1) is 11.5. The van der Waals surface area contributed by atoms with Gasteiger partial charge in [0.05, 0.1) is 17.2 Å². The number of alkyl halides is 3. The van der Waals surface area contributed by atoms with Gasteiger partial charge < -0.3 is 5.32 Å². The molecule has 0 bridgehead atoms. The van der Waals surface area contributed by atoms with E-state index in [0.717, 1.165) is 11.4 Å². The number of aryl methyl sites for hydroxylation is 1. The quantitative estimate of drug-likeness (QED) is 0.849. The molecule has 1 aromatic heterocycles. The second kappa shape index (κ2) is 4.75. The van der Waals surface area contributed by atoms with Crippen LogP contribution in [0.4, 0.5) is 13.2 Å². The van der Waals surface area contributed by atoms with Crippen LogP contribution in [0.5, 0.6) is 0 Å². The van der Waals surface area contributed by atoms with Gasteiger partial charge >= 0.3 is 6.18 Å². The largest absolute Gasteiger partial charge is 0.401 e. The Balaban J connectivity index is 2.31. The first-order valence-corrected chi connectivity index (χ1v) is 5.10. The molecule has 1 rings (SSSR count). The lowest BCUT2D eigenvalue weighted by atomic mass is 10.4. The molecule has 1 heterocycles. The molecular formula is C8H11F3N2S. The summed E-state index contributed by atoms with van der Waals surface area (Å²) >= 11 is 1.48. The topological polar surface area (TPSA) is 24.9 Å². The number of hydrogen-bond acceptors (Lipinski definition) is 3. The summed E-state index contributed by atoms with van der Waals surface area (Å²) < 4.78 is 35.2. The Morgan fingerprint density at radius 1 is 1.50 bits per heavy atom. The molecule has 0 aliphatic heterocycles. The van der Waals surface area contributed by atoms with Gasteiger partial charge in [0.15, 0.2) is 0 Å². The SMILES string of the molecule is CCc1nc(CNCC(F)(F)F)cs1. The van der Waals surface area contributed by atoms with Gasteiger partial charge in [0.25, 0.3) is 0 Å². The Bertz CT molecular complexity index is 282. The lowest BCUT2D eigenvalue weighted by Gasteiger charge is -2.06. The van der Waals surface area contributed by atoms with Gasteiger partial charge in [0.1, 0.15) is 0 Å². The molecule has 0 fully saturated rings. The predicted octanol–water partition coefficient (Wildman–Crippen LogP) is 2.36. The normalized spacial score (nSPS) is 12.0. The van der Waals surface area contributed by atoms with E-state index in [0.29, 0.717) is 5.69 Å². The van der Waals surface area contributed by atoms with E-state index in [2.05, 4.69) is 10.3 Å². The highest BCUT2D eigenvalue weighted by molar-refractivity contribution is 7.09. The molecule has 1 aromatic rings. The monoisotopic (exact) mass is 224 g/mol. The van der Waals surface area contributed by atoms with Crippen molar-refractivity contribution >= 4 is 11.3 Å². The van der Waals surface area contributed by atoms with Crippen LogP contribution in [0, 0.1) is 0 Å². The fraction of sp³-hybridized carbons (Fsp3) is 0.625. The Labute approximate surface area is 84.2 Å². The zero-order chi connectivity index (χ0) is 10.6. The molecule has 0 aliphatic rings. The number of hydrogen-bond donors (Lipinski definition) is 1. The number of nitrogens with one attached hydrogen (secondary N) is 1. The third kappa shape index (κ3) is 4.06. The molecule has 0 atom stereocenters. The summed E-state index contributed by atoms with van der Waals surface area (Å²) in [4.78, 5) is 4.14. The summed E-state index contributed by atoms with van der Waals surface area (Å²) in [5, 5.41) is 5.03. The van der Waals surface area contributed by atoms with Gasteiger partial charge in [0.2, 0.25) is 0 Å². The van der Waals surface area contributed by atoms with Crippen LogP contribution in [-0.2, 0) is 13.0 Å². The Morgan fingerprint density at radius 2 is 2.21 bits per heavy atom. The highest BCUT2D eigenvalue weighted by atomic mass is 32.1. The van der Waals surface area contributed by atoms with Crippen molar-refractivity contribution in [3.63, 3.8) is 0 Å². The maximum Gasteiger partial charge on any atom is 0.401 e. The van der Waals surface area contributed by atoms with Gasteiger partial charge in [0, 0.05) is 11.9 Å². The van der Waals surface area contributed by atoms with Crippen LogP contribution in [0.3, 0.4) is 0 Å². The summed E-state index contributed by atoms with van der Waals surface area (Å²) in [6.07, 6.45) is -3.33. The molecule has 6 heteroatoms. The van der Waals surface area contributed by atoms with Crippen molar-refractivity contribution in [3.8, 4) is 0 Å². The van der Waals surface area contributed by atoms with E-state index < -0.39 is 12.7 Å². The molecule has 2 nitrogen and oxygen atoms in total. The number of rotatable bonds is 4. The van der Waals surface area contributed by atoms with E-state index in [1.807, 2.05) is 6.92 Å². The predicted molar refractivity (Wildman–Crippen MR) is 49.3 cm³/mol. The first-order valence-electron chi connectivity index (χ1n) is 4.22. The minimum absolute atomic E-state index is 0.177. The number of thiazole rings is 1. The standard InChI is InChI=1S/C8H11F3N2S/c1-2-7-13-6(4-14-7)3-12-5-8(9,10)11/h4,12H,2-3,5H2,1H3. The van der Waals surface area contributed by atoms with Crippen LogP contribution in [0.25, 0.3) is 0 Å². The van der Waals surface area contributed by atoms with Gasteiger partial charge in [-0.1, -0.05) is 6.92 Å². The van der Waals surface area contributed by atoms with Crippen LogP contribution in [0.2, 0.25) is 0 Å². The number of halogens is 3. The van der Waals surface area contributed by atoms with E-state index in [1.54, 1.807) is 5.38 Å². The molecule has 0 saturated heterocycles. The molecule has 0 spiro atoms. The van der Waals surface area contributed by atoms with Crippen LogP contribution in [0.1, 0.15) is 17.6 Å². The minimum atomic E-state index is -4.15. The second-order valence-electron chi connectivity index (χ2n) is 2.80. The zero-order valence-corrected chi connectivity index (χ0v) is 8.50. The van der Waals surface area contributed by atoms with Gasteiger partial charge in [-0.3, -0.25) is 0 Å². The number of aromatic nitrogens is 1. The van der Waals surface area contributed by atoms with E-state index in [4.69, 9.17) is 0 Å². The molecule has 0 unspecified atom stereocenters. The van der Waals surface area contributed by atoms with Crippen molar-refractivity contribution in [1.29, 1.82) is 0 Å². The van der Waals surface area contributed by atoms with Crippen LogP contribution in [-0.4, -0.2) is 17.7 Å². The van der Waals surface area contributed by atoms with E-state index in [9.17, 15) is 13.2 Å². The average Bonchev–Trinajstić information content (AvgIpc) is 2.50. The molecule has 0 amide bonds. The smallest absolute Gasteiger partial charge is 0.303 e. The van der Waals surface area contributed by atoms with E-state index >= 15 is 0 Å². The van der Waals surface area contributed by atoms with Crippen molar-refractivity contribution < 1.29 is 13.2 Å². The van der Waals surface area contributed by atoms with Crippen molar-refractivity contribution in [2.75, 3.05) is 6.54 Å². The third-order valence-electron chi connectivity index (χ3n) is 1.53. The molecular weight excluding hydrogens is 213 g/mol. The number of nitrogens with zero attached hydrogens (tertiary/aromatic N) is 1. The molecule has 0 aromatic carbocycles. The summed E-state index contributed by atoms with van der Waals surface area (Å²) in [5.41, 5.74) is 0.677. The van der Waals surface area contributed by atoms with Gasteiger partial charge in [-0.2, -0.15) is 13.2 Å². The van der Waals surface area contributed by atoms with Gasteiger partial charge in [-0.05, 0) is 6.42 Å². The molecule has 80 valence electrons. The second-order valence-corrected chi connectivity index (χ2v) is 3.75. The summed E-state index contributed by atoms with van der Waals surface area (Å²) in [7, 11) is 0. The Kier molecular flexibility index (Phi) is 3.88. The van der Waals surface area contributed by atoms with Gasteiger partial charge in [-0.15, -0.1) is 11.3 Å². The fourth-order valence-electron chi connectivity index (χ4n) is 0.925. The lowest BCUT2D eigenvalue weighted by Crippen LogP contribution is -2.28. The maximum absolute atomic E-state index is 11.7. The molecule has 0 radical (unpaired) electrons. The Morgan fingerprint density at radius 3 is 2.71 bits per heavy atom. The highest BCUT2D eigenvalue weighted by Gasteiger charge is 2.26. The van der Waals surface area contributed by atoms with Gasteiger partial charge in [-0.25, -0.2) is 4.98 Å². The van der Waals surface area contributed by atoms with Crippen molar-refractivity contribution in [2.24, 2.45) is 0 Å².